The highest BCUT2D eigenvalue weighted by atomic mass is 16.5. The minimum Gasteiger partial charge on any atom is -0.461 e. The second-order valence-corrected chi connectivity index (χ2v) is 2.47. The average Bonchev–Trinajstić information content (AvgIpc) is 1.87. The average molecular weight is 157 g/mol. The Morgan fingerprint density at radius 2 is 2.18 bits per heavy atom. The first-order chi connectivity index (χ1) is 5.16. The maximum Gasteiger partial charge on any atom is 0.330 e. The number of nitrogens with zero attached hydrogens (tertiary/aromatic N) is 1. The minimum atomic E-state index is -0.269. The molecule has 0 aromatic heterocycles. The number of carbonyl (C=O) groups is 1. The molecule has 0 aromatic rings. The van der Waals surface area contributed by atoms with Crippen LogP contribution in [0.1, 0.15) is 6.92 Å². The SMILES string of the molecule is CC=CC(=O)OCCN(C)C. The van der Waals surface area contributed by atoms with Crippen molar-refractivity contribution in [2.45, 2.75) is 6.92 Å². The van der Waals surface area contributed by atoms with Gasteiger partial charge in [-0.3, -0.25) is 0 Å². The molecule has 0 bridgehead atoms. The molecule has 0 aliphatic heterocycles. The van der Waals surface area contributed by atoms with Crippen LogP contribution < -0.4 is 0 Å². The van der Waals surface area contributed by atoms with Crippen LogP contribution in [0.4, 0.5) is 0 Å². The molecule has 0 unspecified atom stereocenters. The molecule has 64 valence electrons. The highest BCUT2D eigenvalue weighted by molar-refractivity contribution is 5.81. The van der Waals surface area contributed by atoms with Gasteiger partial charge in [-0.25, -0.2) is 4.79 Å². The molecule has 0 aliphatic rings. The van der Waals surface area contributed by atoms with Gasteiger partial charge in [-0.05, 0) is 21.0 Å². The van der Waals surface area contributed by atoms with E-state index in [9.17, 15) is 4.79 Å². The second kappa shape index (κ2) is 5.92. The number of carbonyl (C=O) groups excluding carboxylic acids is 1. The lowest BCUT2D eigenvalue weighted by Crippen LogP contribution is -2.19. The first kappa shape index (κ1) is 10.2. The Labute approximate surface area is 67.6 Å². The van der Waals surface area contributed by atoms with E-state index in [1.807, 2.05) is 19.0 Å². The summed E-state index contributed by atoms with van der Waals surface area (Å²) >= 11 is 0. The molecule has 0 atom stereocenters. The van der Waals surface area contributed by atoms with Crippen molar-refractivity contribution >= 4 is 5.97 Å². The number of likely N-dealkylation sites (N-methyl/N-ethyl adjacent to an activating group) is 1. The van der Waals surface area contributed by atoms with Gasteiger partial charge in [0.15, 0.2) is 0 Å². The van der Waals surface area contributed by atoms with Crippen molar-refractivity contribution in [1.82, 2.24) is 4.90 Å². The summed E-state index contributed by atoms with van der Waals surface area (Å²) in [5.41, 5.74) is 0. The molecule has 0 radical (unpaired) electrons. The first-order valence-electron chi connectivity index (χ1n) is 3.61. The smallest absolute Gasteiger partial charge is 0.330 e. The molecule has 0 amide bonds. The largest absolute Gasteiger partial charge is 0.461 e. The van der Waals surface area contributed by atoms with E-state index in [0.717, 1.165) is 6.54 Å². The normalized spacial score (nSPS) is 10.9. The van der Waals surface area contributed by atoms with Crippen LogP contribution in [-0.2, 0) is 9.53 Å². The number of allylic oxidation sites excluding steroid dienone is 1. The third-order valence-electron chi connectivity index (χ3n) is 1.09. The predicted molar refractivity (Wildman–Crippen MR) is 44.3 cm³/mol. The van der Waals surface area contributed by atoms with E-state index in [1.54, 1.807) is 13.0 Å². The lowest BCUT2D eigenvalue weighted by Gasteiger charge is -2.08. The number of rotatable bonds is 4. The van der Waals surface area contributed by atoms with E-state index < -0.39 is 0 Å². The Balaban J connectivity index is 3.32. The van der Waals surface area contributed by atoms with E-state index >= 15 is 0 Å². The summed E-state index contributed by atoms with van der Waals surface area (Å²) < 4.78 is 4.83. The molecule has 0 heterocycles. The summed E-state index contributed by atoms with van der Waals surface area (Å²) in [6, 6.07) is 0. The van der Waals surface area contributed by atoms with Gasteiger partial charge in [0.25, 0.3) is 0 Å². The first-order valence-corrected chi connectivity index (χ1v) is 3.61. The standard InChI is InChI=1S/C8H15NO2/c1-4-5-8(10)11-7-6-9(2)3/h4-5H,6-7H2,1-3H3. The number of esters is 1. The predicted octanol–water partition coefficient (Wildman–Crippen LogP) is 0.667. The van der Waals surface area contributed by atoms with Crippen molar-refractivity contribution < 1.29 is 9.53 Å². The molecular weight excluding hydrogens is 142 g/mol. The topological polar surface area (TPSA) is 29.5 Å². The van der Waals surface area contributed by atoms with Gasteiger partial charge >= 0.3 is 5.97 Å². The molecule has 0 rings (SSSR count). The third-order valence-corrected chi connectivity index (χ3v) is 1.09. The number of ether oxygens (including phenoxy) is 1. The molecule has 0 saturated heterocycles. The molecule has 0 N–H and O–H groups in total. The van der Waals surface area contributed by atoms with Crippen molar-refractivity contribution in [1.29, 1.82) is 0 Å². The van der Waals surface area contributed by atoms with Crippen LogP contribution in [0.2, 0.25) is 0 Å². The zero-order chi connectivity index (χ0) is 8.69. The molecule has 3 heteroatoms. The maximum atomic E-state index is 10.7. The van der Waals surface area contributed by atoms with Gasteiger partial charge in [-0.2, -0.15) is 0 Å². The van der Waals surface area contributed by atoms with Crippen molar-refractivity contribution in [3.63, 3.8) is 0 Å². The molecule has 3 nitrogen and oxygen atoms in total. The molecule has 0 saturated carbocycles. The van der Waals surface area contributed by atoms with E-state index in [-0.39, 0.29) is 5.97 Å². The van der Waals surface area contributed by atoms with Crippen molar-refractivity contribution in [2.24, 2.45) is 0 Å². The van der Waals surface area contributed by atoms with Crippen LogP contribution in [0.5, 0.6) is 0 Å². The van der Waals surface area contributed by atoms with Gasteiger partial charge in [0.05, 0.1) is 0 Å². The van der Waals surface area contributed by atoms with Crippen LogP contribution in [0.15, 0.2) is 12.2 Å². The van der Waals surface area contributed by atoms with Gasteiger partial charge in [0, 0.05) is 12.6 Å². The van der Waals surface area contributed by atoms with Crippen molar-refractivity contribution in [2.75, 3.05) is 27.2 Å². The Morgan fingerprint density at radius 3 is 2.64 bits per heavy atom. The Bertz CT molecular complexity index is 141. The summed E-state index contributed by atoms with van der Waals surface area (Å²) in [5, 5.41) is 0. The number of hydrogen-bond acceptors (Lipinski definition) is 3. The second-order valence-electron chi connectivity index (χ2n) is 2.47. The third kappa shape index (κ3) is 7.06. The summed E-state index contributed by atoms with van der Waals surface area (Å²) in [5.74, 6) is -0.269. The lowest BCUT2D eigenvalue weighted by atomic mass is 10.5. The van der Waals surface area contributed by atoms with E-state index in [1.165, 1.54) is 6.08 Å². The minimum absolute atomic E-state index is 0.269. The molecule has 11 heavy (non-hydrogen) atoms. The Morgan fingerprint density at radius 1 is 1.55 bits per heavy atom. The number of hydrogen-bond donors (Lipinski definition) is 0. The summed E-state index contributed by atoms with van der Waals surface area (Å²) in [6.45, 7) is 3.01. The summed E-state index contributed by atoms with van der Waals surface area (Å²) in [7, 11) is 3.87. The van der Waals surface area contributed by atoms with Gasteiger partial charge < -0.3 is 9.64 Å². The van der Waals surface area contributed by atoms with Gasteiger partial charge in [-0.15, -0.1) is 0 Å². The molecule has 0 aromatic carbocycles. The highest BCUT2D eigenvalue weighted by Gasteiger charge is 1.95. The van der Waals surface area contributed by atoms with E-state index in [4.69, 9.17) is 4.74 Å². The maximum absolute atomic E-state index is 10.7. The zero-order valence-corrected chi connectivity index (χ0v) is 7.33. The highest BCUT2D eigenvalue weighted by Crippen LogP contribution is 1.82. The lowest BCUT2D eigenvalue weighted by molar-refractivity contribution is -0.138. The van der Waals surface area contributed by atoms with Crippen LogP contribution in [-0.4, -0.2) is 38.1 Å². The fourth-order valence-corrected chi connectivity index (χ4v) is 0.513. The monoisotopic (exact) mass is 157 g/mol. The van der Waals surface area contributed by atoms with Crippen LogP contribution in [0.25, 0.3) is 0 Å². The molecule has 0 aliphatic carbocycles. The van der Waals surface area contributed by atoms with Crippen molar-refractivity contribution in [3.05, 3.63) is 12.2 Å². The van der Waals surface area contributed by atoms with Crippen LogP contribution in [0, 0.1) is 0 Å². The quantitative estimate of drug-likeness (QED) is 0.443. The van der Waals surface area contributed by atoms with Crippen molar-refractivity contribution in [3.8, 4) is 0 Å². The fourth-order valence-electron chi connectivity index (χ4n) is 0.513. The van der Waals surface area contributed by atoms with E-state index in [2.05, 4.69) is 0 Å². The van der Waals surface area contributed by atoms with Gasteiger partial charge in [-0.1, -0.05) is 6.08 Å². The Kier molecular flexibility index (Phi) is 5.47. The zero-order valence-electron chi connectivity index (χ0n) is 7.33. The van der Waals surface area contributed by atoms with Crippen LogP contribution in [0.3, 0.4) is 0 Å². The van der Waals surface area contributed by atoms with Crippen LogP contribution >= 0.6 is 0 Å². The molecule has 0 fully saturated rings. The summed E-state index contributed by atoms with van der Waals surface area (Å²) in [4.78, 5) is 12.7. The Hall–Kier alpha value is -0.830. The van der Waals surface area contributed by atoms with Gasteiger partial charge in [0.1, 0.15) is 6.61 Å². The fraction of sp³-hybridized carbons (Fsp3) is 0.625. The molecular formula is C8H15NO2. The van der Waals surface area contributed by atoms with Gasteiger partial charge in [0.2, 0.25) is 0 Å². The van der Waals surface area contributed by atoms with E-state index in [0.29, 0.717) is 6.61 Å². The molecule has 0 spiro atoms. The summed E-state index contributed by atoms with van der Waals surface area (Å²) in [6.07, 6.45) is 3.08.